The van der Waals surface area contributed by atoms with Gasteiger partial charge in [0.1, 0.15) is 0 Å². The van der Waals surface area contributed by atoms with Gasteiger partial charge in [0, 0.05) is 12.1 Å². The number of hydrogen-bond donors (Lipinski definition) is 1. The summed E-state index contributed by atoms with van der Waals surface area (Å²) < 4.78 is 0. The summed E-state index contributed by atoms with van der Waals surface area (Å²) in [4.78, 5) is 0. The van der Waals surface area contributed by atoms with Gasteiger partial charge in [-0.15, -0.1) is 6.58 Å². The SMILES string of the molecule is C=CC1CC2C=CC=CC2N1. The lowest BCUT2D eigenvalue weighted by Gasteiger charge is -2.13. The third-order valence-electron chi connectivity index (χ3n) is 2.47. The average Bonchev–Trinajstić information content (AvgIpc) is 2.46. The van der Waals surface area contributed by atoms with Crippen molar-refractivity contribution in [2.45, 2.75) is 18.5 Å². The van der Waals surface area contributed by atoms with E-state index in [4.69, 9.17) is 0 Å². The van der Waals surface area contributed by atoms with Crippen LogP contribution in [0.3, 0.4) is 0 Å². The van der Waals surface area contributed by atoms with Gasteiger partial charge in [-0.25, -0.2) is 0 Å². The zero-order valence-electron chi connectivity index (χ0n) is 6.53. The molecule has 58 valence electrons. The number of nitrogens with one attached hydrogen (secondary N) is 1. The molecule has 3 unspecified atom stereocenters. The van der Waals surface area contributed by atoms with Crippen molar-refractivity contribution in [1.82, 2.24) is 5.32 Å². The van der Waals surface area contributed by atoms with Gasteiger partial charge in [-0.3, -0.25) is 0 Å². The Kier molecular flexibility index (Phi) is 1.66. The molecule has 1 aliphatic heterocycles. The Balaban J connectivity index is 2.11. The Morgan fingerprint density at radius 2 is 2.18 bits per heavy atom. The van der Waals surface area contributed by atoms with E-state index in [-0.39, 0.29) is 0 Å². The van der Waals surface area contributed by atoms with Gasteiger partial charge < -0.3 is 5.32 Å². The lowest BCUT2D eigenvalue weighted by Crippen LogP contribution is -2.28. The summed E-state index contributed by atoms with van der Waals surface area (Å²) in [5.74, 6) is 0.697. The highest BCUT2D eigenvalue weighted by Crippen LogP contribution is 2.25. The lowest BCUT2D eigenvalue weighted by molar-refractivity contribution is 0.610. The number of rotatable bonds is 1. The van der Waals surface area contributed by atoms with Crippen LogP contribution in [0.25, 0.3) is 0 Å². The average molecular weight is 147 g/mol. The normalized spacial score (nSPS) is 40.5. The van der Waals surface area contributed by atoms with E-state index in [1.54, 1.807) is 0 Å². The zero-order chi connectivity index (χ0) is 7.68. The van der Waals surface area contributed by atoms with Crippen molar-refractivity contribution in [2.24, 2.45) is 5.92 Å². The largest absolute Gasteiger partial charge is 0.304 e. The van der Waals surface area contributed by atoms with E-state index in [2.05, 4.69) is 36.2 Å². The predicted octanol–water partition coefficient (Wildman–Crippen LogP) is 1.65. The van der Waals surface area contributed by atoms with Gasteiger partial charge in [0.15, 0.2) is 0 Å². The Morgan fingerprint density at radius 3 is 2.91 bits per heavy atom. The fourth-order valence-corrected chi connectivity index (χ4v) is 1.83. The van der Waals surface area contributed by atoms with Crippen molar-refractivity contribution in [3.05, 3.63) is 37.0 Å². The smallest absolute Gasteiger partial charge is 0.0322 e. The van der Waals surface area contributed by atoms with Crippen molar-refractivity contribution in [3.8, 4) is 0 Å². The van der Waals surface area contributed by atoms with Gasteiger partial charge in [-0.05, 0) is 12.3 Å². The van der Waals surface area contributed by atoms with Gasteiger partial charge in [0.25, 0.3) is 0 Å². The molecule has 3 atom stereocenters. The maximum Gasteiger partial charge on any atom is 0.0322 e. The summed E-state index contributed by atoms with van der Waals surface area (Å²) in [5, 5.41) is 3.49. The van der Waals surface area contributed by atoms with E-state index in [0.29, 0.717) is 18.0 Å². The Labute approximate surface area is 67.5 Å². The van der Waals surface area contributed by atoms with Crippen LogP contribution < -0.4 is 5.32 Å². The van der Waals surface area contributed by atoms with Crippen LogP contribution >= 0.6 is 0 Å². The predicted molar refractivity (Wildman–Crippen MR) is 47.3 cm³/mol. The van der Waals surface area contributed by atoms with Gasteiger partial charge in [0.2, 0.25) is 0 Å². The molecule has 0 amide bonds. The standard InChI is InChI=1S/C10H13N/c1-2-9-7-8-5-3-4-6-10(8)11-9/h2-6,8-11H,1,7H2. The molecule has 2 rings (SSSR count). The van der Waals surface area contributed by atoms with Crippen LogP contribution in [-0.4, -0.2) is 12.1 Å². The number of hydrogen-bond acceptors (Lipinski definition) is 1. The summed E-state index contributed by atoms with van der Waals surface area (Å²) in [5.41, 5.74) is 0. The van der Waals surface area contributed by atoms with Crippen molar-refractivity contribution in [2.75, 3.05) is 0 Å². The van der Waals surface area contributed by atoms with Crippen LogP contribution in [0.5, 0.6) is 0 Å². The molecule has 2 aliphatic rings. The first kappa shape index (κ1) is 6.86. The number of allylic oxidation sites excluding steroid dienone is 2. The third-order valence-corrected chi connectivity index (χ3v) is 2.47. The summed E-state index contributed by atoms with van der Waals surface area (Å²) in [7, 11) is 0. The van der Waals surface area contributed by atoms with Crippen molar-refractivity contribution in [3.63, 3.8) is 0 Å². The molecule has 1 heterocycles. The van der Waals surface area contributed by atoms with Crippen LogP contribution in [0.4, 0.5) is 0 Å². The minimum absolute atomic E-state index is 0.511. The Morgan fingerprint density at radius 1 is 1.36 bits per heavy atom. The van der Waals surface area contributed by atoms with Crippen LogP contribution in [0, 0.1) is 5.92 Å². The molecule has 0 spiro atoms. The first-order chi connectivity index (χ1) is 5.40. The molecule has 11 heavy (non-hydrogen) atoms. The van der Waals surface area contributed by atoms with E-state index in [9.17, 15) is 0 Å². The first-order valence-corrected chi connectivity index (χ1v) is 4.14. The molecule has 0 saturated carbocycles. The summed E-state index contributed by atoms with van der Waals surface area (Å²) in [6.45, 7) is 3.79. The van der Waals surface area contributed by atoms with E-state index in [1.807, 2.05) is 6.08 Å². The molecule has 0 aromatic heterocycles. The highest BCUT2D eigenvalue weighted by atomic mass is 15.0. The second-order valence-electron chi connectivity index (χ2n) is 3.20. The fraction of sp³-hybridized carbons (Fsp3) is 0.400. The summed E-state index contributed by atoms with van der Waals surface area (Å²) in [6, 6.07) is 1.07. The second kappa shape index (κ2) is 2.67. The summed E-state index contributed by atoms with van der Waals surface area (Å²) in [6.07, 6.45) is 12.0. The van der Waals surface area contributed by atoms with Crippen LogP contribution in [0.15, 0.2) is 37.0 Å². The summed E-state index contributed by atoms with van der Waals surface area (Å²) >= 11 is 0. The van der Waals surface area contributed by atoms with E-state index < -0.39 is 0 Å². The van der Waals surface area contributed by atoms with Crippen LogP contribution in [0.2, 0.25) is 0 Å². The highest BCUT2D eigenvalue weighted by Gasteiger charge is 2.28. The van der Waals surface area contributed by atoms with Gasteiger partial charge in [-0.1, -0.05) is 30.4 Å². The molecule has 0 bridgehead atoms. The van der Waals surface area contributed by atoms with Gasteiger partial charge in [0.05, 0.1) is 0 Å². The molecular formula is C10H13N. The Bertz CT molecular complexity index is 195. The molecule has 0 aromatic carbocycles. The fourth-order valence-electron chi connectivity index (χ4n) is 1.83. The molecule has 0 radical (unpaired) electrons. The molecule has 1 aliphatic carbocycles. The molecule has 1 nitrogen and oxygen atoms in total. The maximum atomic E-state index is 3.79. The minimum atomic E-state index is 0.511. The minimum Gasteiger partial charge on any atom is -0.304 e. The van der Waals surface area contributed by atoms with Gasteiger partial charge >= 0.3 is 0 Å². The molecule has 1 N–H and O–H groups in total. The van der Waals surface area contributed by atoms with E-state index >= 15 is 0 Å². The number of fused-ring (bicyclic) bond motifs is 1. The van der Waals surface area contributed by atoms with Gasteiger partial charge in [-0.2, -0.15) is 0 Å². The van der Waals surface area contributed by atoms with E-state index in [1.165, 1.54) is 6.42 Å². The topological polar surface area (TPSA) is 12.0 Å². The maximum absolute atomic E-state index is 3.79. The van der Waals surface area contributed by atoms with Crippen LogP contribution in [-0.2, 0) is 0 Å². The van der Waals surface area contributed by atoms with Crippen LogP contribution in [0.1, 0.15) is 6.42 Å². The second-order valence-corrected chi connectivity index (χ2v) is 3.20. The molecular weight excluding hydrogens is 134 g/mol. The Hall–Kier alpha value is -0.820. The van der Waals surface area contributed by atoms with Crippen molar-refractivity contribution < 1.29 is 0 Å². The van der Waals surface area contributed by atoms with Crippen molar-refractivity contribution >= 4 is 0 Å². The third kappa shape index (κ3) is 1.16. The molecule has 1 fully saturated rings. The van der Waals surface area contributed by atoms with Crippen molar-refractivity contribution in [1.29, 1.82) is 0 Å². The molecule has 0 aromatic rings. The quantitative estimate of drug-likeness (QED) is 0.556. The van der Waals surface area contributed by atoms with E-state index in [0.717, 1.165) is 0 Å². The zero-order valence-corrected chi connectivity index (χ0v) is 6.53. The highest BCUT2D eigenvalue weighted by molar-refractivity contribution is 5.21. The monoisotopic (exact) mass is 147 g/mol. The molecule has 1 heteroatoms. The molecule has 1 saturated heterocycles. The first-order valence-electron chi connectivity index (χ1n) is 4.14. The lowest BCUT2D eigenvalue weighted by atomic mass is 9.95.